The van der Waals surface area contributed by atoms with Crippen molar-refractivity contribution < 1.29 is 26.7 Å². The molecule has 234 valence electrons. The summed E-state index contributed by atoms with van der Waals surface area (Å²) in [5.74, 6) is 0.454. The predicted octanol–water partition coefficient (Wildman–Crippen LogP) is 0.696. The van der Waals surface area contributed by atoms with Gasteiger partial charge < -0.3 is 24.6 Å². The minimum absolute atomic E-state index is 0.0000683. The zero-order valence-corrected chi connectivity index (χ0v) is 25.0. The van der Waals surface area contributed by atoms with E-state index in [9.17, 15) is 17.2 Å². The standard InChI is InChI=1S/C26H36F2N10O4S/c1-18(34-8-6-29-7-9-34)43(39,40)37-12-10-35(11-13-37)24-31-25(36-14-16-42-17-15-36)33-26(32-24)38-19-4-3-5-20(41-2)21(19)30-23(38)22(27)28/h3-5,18,22,29H,6-17H2,1-2H3. The second kappa shape index (κ2) is 12.4. The highest BCUT2D eigenvalue weighted by atomic mass is 32.2. The van der Waals surface area contributed by atoms with Crippen molar-refractivity contribution in [3.05, 3.63) is 24.0 Å². The van der Waals surface area contributed by atoms with Crippen LogP contribution in [-0.4, -0.2) is 133 Å². The summed E-state index contributed by atoms with van der Waals surface area (Å²) in [6, 6.07) is 5.02. The summed E-state index contributed by atoms with van der Waals surface area (Å²) in [4.78, 5) is 24.0. The Hall–Kier alpha value is -3.25. The minimum atomic E-state index is -3.56. The lowest BCUT2D eigenvalue weighted by Crippen LogP contribution is -2.56. The van der Waals surface area contributed by atoms with Crippen LogP contribution >= 0.6 is 0 Å². The molecule has 3 saturated heterocycles. The van der Waals surface area contributed by atoms with Gasteiger partial charge in [-0.1, -0.05) is 6.07 Å². The van der Waals surface area contributed by atoms with Crippen LogP contribution in [0.5, 0.6) is 5.75 Å². The molecular weight excluding hydrogens is 586 g/mol. The number of nitrogens with zero attached hydrogens (tertiary/aromatic N) is 9. The van der Waals surface area contributed by atoms with E-state index in [1.54, 1.807) is 25.1 Å². The number of methoxy groups -OCH3 is 1. The van der Waals surface area contributed by atoms with E-state index in [0.29, 0.717) is 69.7 Å². The molecule has 0 bridgehead atoms. The highest BCUT2D eigenvalue weighted by Gasteiger charge is 2.36. The van der Waals surface area contributed by atoms with Crippen LogP contribution in [0.1, 0.15) is 19.2 Å². The van der Waals surface area contributed by atoms with E-state index in [1.807, 2.05) is 14.7 Å². The Labute approximate surface area is 248 Å². The maximum atomic E-state index is 14.3. The monoisotopic (exact) mass is 622 g/mol. The summed E-state index contributed by atoms with van der Waals surface area (Å²) in [7, 11) is -2.10. The fourth-order valence-electron chi connectivity index (χ4n) is 5.69. The average Bonchev–Trinajstić information content (AvgIpc) is 3.45. The van der Waals surface area contributed by atoms with Crippen molar-refractivity contribution in [3.63, 3.8) is 0 Å². The molecule has 0 radical (unpaired) electrons. The number of morpholine rings is 1. The molecule has 2 aromatic heterocycles. The average molecular weight is 623 g/mol. The first-order chi connectivity index (χ1) is 20.8. The van der Waals surface area contributed by atoms with Gasteiger partial charge in [-0.15, -0.1) is 0 Å². The van der Waals surface area contributed by atoms with E-state index >= 15 is 0 Å². The molecule has 1 unspecified atom stereocenters. The van der Waals surface area contributed by atoms with Crippen molar-refractivity contribution in [1.29, 1.82) is 0 Å². The summed E-state index contributed by atoms with van der Waals surface area (Å²) in [6.07, 6.45) is -2.91. The van der Waals surface area contributed by atoms with Crippen molar-refractivity contribution in [3.8, 4) is 11.7 Å². The number of para-hydroxylation sites is 1. The molecular formula is C26H36F2N10O4S. The van der Waals surface area contributed by atoms with E-state index < -0.39 is 27.6 Å². The first-order valence-corrected chi connectivity index (χ1v) is 15.9. The third-order valence-electron chi connectivity index (χ3n) is 8.16. The lowest BCUT2D eigenvalue weighted by molar-refractivity contribution is 0.122. The van der Waals surface area contributed by atoms with Gasteiger partial charge in [0.05, 0.1) is 25.8 Å². The van der Waals surface area contributed by atoms with Gasteiger partial charge in [-0.2, -0.15) is 19.3 Å². The molecule has 1 atom stereocenters. The Balaban J connectivity index is 1.33. The van der Waals surface area contributed by atoms with E-state index in [4.69, 9.17) is 14.5 Å². The van der Waals surface area contributed by atoms with Crippen LogP contribution in [0.15, 0.2) is 18.2 Å². The smallest absolute Gasteiger partial charge is 0.296 e. The van der Waals surface area contributed by atoms with Crippen LogP contribution in [0.3, 0.4) is 0 Å². The number of sulfonamides is 1. The maximum absolute atomic E-state index is 14.3. The van der Waals surface area contributed by atoms with E-state index in [2.05, 4.69) is 20.3 Å². The molecule has 1 N–H and O–H groups in total. The molecule has 17 heteroatoms. The van der Waals surface area contributed by atoms with Gasteiger partial charge in [0.25, 0.3) is 6.43 Å². The second-order valence-electron chi connectivity index (χ2n) is 10.6. The number of nitrogens with one attached hydrogen (secondary N) is 1. The van der Waals surface area contributed by atoms with Crippen LogP contribution in [0.2, 0.25) is 0 Å². The number of piperazine rings is 2. The van der Waals surface area contributed by atoms with E-state index in [0.717, 1.165) is 13.1 Å². The molecule has 5 heterocycles. The number of fused-ring (bicyclic) bond motifs is 1. The lowest BCUT2D eigenvalue weighted by Gasteiger charge is -2.39. The Bertz CT molecular complexity index is 1540. The third kappa shape index (κ3) is 5.83. The van der Waals surface area contributed by atoms with Crippen LogP contribution in [-0.2, 0) is 14.8 Å². The summed E-state index contributed by atoms with van der Waals surface area (Å²) in [5.41, 5.74) is 0.644. The highest BCUT2D eigenvalue weighted by molar-refractivity contribution is 7.89. The third-order valence-corrected chi connectivity index (χ3v) is 10.4. The predicted molar refractivity (Wildman–Crippen MR) is 156 cm³/mol. The van der Waals surface area contributed by atoms with Gasteiger partial charge in [0.1, 0.15) is 16.6 Å². The molecule has 3 fully saturated rings. The van der Waals surface area contributed by atoms with Crippen LogP contribution in [0.25, 0.3) is 17.0 Å². The molecule has 0 amide bonds. The number of hydrogen-bond acceptors (Lipinski definition) is 12. The summed E-state index contributed by atoms with van der Waals surface area (Å²) in [6.45, 7) is 7.78. The minimum Gasteiger partial charge on any atom is -0.494 e. The number of halogens is 2. The van der Waals surface area contributed by atoms with Gasteiger partial charge in [-0.05, 0) is 19.1 Å². The quantitative estimate of drug-likeness (QED) is 0.379. The van der Waals surface area contributed by atoms with Gasteiger partial charge in [0, 0.05) is 65.4 Å². The Morgan fingerprint density at radius 2 is 1.51 bits per heavy atom. The Kier molecular flexibility index (Phi) is 8.59. The van der Waals surface area contributed by atoms with Gasteiger partial charge in [-0.25, -0.2) is 22.2 Å². The highest BCUT2D eigenvalue weighted by Crippen LogP contribution is 2.32. The topological polar surface area (TPSA) is 134 Å². The molecule has 14 nitrogen and oxygen atoms in total. The number of imidazole rings is 1. The molecule has 0 spiro atoms. The van der Waals surface area contributed by atoms with E-state index in [1.165, 1.54) is 16.0 Å². The molecule has 6 rings (SSSR count). The lowest BCUT2D eigenvalue weighted by atomic mass is 10.3. The number of hydrogen-bond donors (Lipinski definition) is 1. The number of ether oxygens (including phenoxy) is 2. The van der Waals surface area contributed by atoms with Crippen molar-refractivity contribution in [2.75, 3.05) is 95.6 Å². The number of anilines is 2. The van der Waals surface area contributed by atoms with Crippen molar-refractivity contribution >= 4 is 33.0 Å². The summed E-state index contributed by atoms with van der Waals surface area (Å²) < 4.78 is 69.3. The normalized spacial score (nSPS) is 20.2. The molecule has 3 aliphatic heterocycles. The fourth-order valence-corrected chi connectivity index (χ4v) is 7.39. The van der Waals surface area contributed by atoms with Crippen molar-refractivity contribution in [2.24, 2.45) is 0 Å². The van der Waals surface area contributed by atoms with Gasteiger partial charge >= 0.3 is 0 Å². The largest absolute Gasteiger partial charge is 0.494 e. The van der Waals surface area contributed by atoms with Crippen LogP contribution < -0.4 is 19.9 Å². The van der Waals surface area contributed by atoms with Crippen molar-refractivity contribution in [2.45, 2.75) is 18.7 Å². The zero-order valence-electron chi connectivity index (χ0n) is 24.2. The van der Waals surface area contributed by atoms with Gasteiger partial charge in [-0.3, -0.25) is 9.47 Å². The van der Waals surface area contributed by atoms with E-state index in [-0.39, 0.29) is 30.5 Å². The van der Waals surface area contributed by atoms with Gasteiger partial charge in [0.15, 0.2) is 5.82 Å². The molecule has 43 heavy (non-hydrogen) atoms. The first kappa shape index (κ1) is 29.8. The second-order valence-corrected chi connectivity index (χ2v) is 12.8. The van der Waals surface area contributed by atoms with Gasteiger partial charge in [0.2, 0.25) is 27.9 Å². The number of alkyl halides is 2. The number of aromatic nitrogens is 5. The molecule has 3 aliphatic rings. The first-order valence-electron chi connectivity index (χ1n) is 14.4. The van der Waals surface area contributed by atoms with Crippen LogP contribution in [0, 0.1) is 0 Å². The fraction of sp³-hybridized carbons (Fsp3) is 0.615. The Morgan fingerprint density at radius 1 is 0.884 bits per heavy atom. The summed E-state index contributed by atoms with van der Waals surface area (Å²) >= 11 is 0. The Morgan fingerprint density at radius 3 is 2.14 bits per heavy atom. The van der Waals surface area contributed by atoms with Crippen molar-refractivity contribution in [1.82, 2.24) is 39.0 Å². The summed E-state index contributed by atoms with van der Waals surface area (Å²) in [5, 5.41) is 2.63. The number of benzene rings is 1. The van der Waals surface area contributed by atoms with Crippen LogP contribution in [0.4, 0.5) is 20.7 Å². The molecule has 3 aromatic rings. The molecule has 0 saturated carbocycles. The molecule has 1 aromatic carbocycles. The zero-order chi connectivity index (χ0) is 30.1. The maximum Gasteiger partial charge on any atom is 0.296 e. The molecule has 0 aliphatic carbocycles. The SMILES string of the molecule is COc1cccc2c1nc(C(F)F)n2-c1nc(N2CCOCC2)nc(N2CCN(S(=O)(=O)C(C)N3CCNCC3)CC2)n1. The number of rotatable bonds is 8.